The maximum Gasteiger partial charge on any atom is 0.416 e. The first-order valence-electron chi connectivity index (χ1n) is 7.13. The van der Waals surface area contributed by atoms with E-state index in [1.54, 1.807) is 6.07 Å². The molecule has 0 aliphatic rings. The van der Waals surface area contributed by atoms with Crippen molar-refractivity contribution in [3.05, 3.63) is 60.3 Å². The number of urea groups is 1. The molecule has 124 valence electrons. The van der Waals surface area contributed by atoms with Crippen LogP contribution < -0.4 is 10.6 Å². The van der Waals surface area contributed by atoms with Gasteiger partial charge in [0.25, 0.3) is 0 Å². The minimum Gasteiger partial charge on any atom is -0.350 e. The van der Waals surface area contributed by atoms with Crippen LogP contribution in [0.15, 0.2) is 54.7 Å². The van der Waals surface area contributed by atoms with Crippen LogP contribution >= 0.6 is 0 Å². The van der Waals surface area contributed by atoms with Gasteiger partial charge in [-0.05, 0) is 47.9 Å². The SMILES string of the molecule is Cn1ccc2ccc(NC(=O)Nc3ccc(C(F)(F)F)cc3)cc21. The first-order chi connectivity index (χ1) is 11.3. The topological polar surface area (TPSA) is 46.1 Å². The molecular weight excluding hydrogens is 319 g/mol. The molecule has 24 heavy (non-hydrogen) atoms. The number of anilines is 2. The lowest BCUT2D eigenvalue weighted by molar-refractivity contribution is -0.137. The van der Waals surface area contributed by atoms with Crippen molar-refractivity contribution in [3.63, 3.8) is 0 Å². The van der Waals surface area contributed by atoms with Crippen molar-refractivity contribution in [1.82, 2.24) is 4.57 Å². The smallest absolute Gasteiger partial charge is 0.350 e. The molecule has 0 spiro atoms. The summed E-state index contributed by atoms with van der Waals surface area (Å²) in [7, 11) is 1.90. The third-order valence-electron chi connectivity index (χ3n) is 3.62. The molecule has 0 aliphatic heterocycles. The van der Waals surface area contributed by atoms with E-state index in [0.717, 1.165) is 23.0 Å². The fourth-order valence-corrected chi connectivity index (χ4v) is 2.38. The van der Waals surface area contributed by atoms with E-state index >= 15 is 0 Å². The molecule has 0 saturated carbocycles. The summed E-state index contributed by atoms with van der Waals surface area (Å²) in [5, 5.41) is 6.21. The predicted octanol–water partition coefficient (Wildman–Crippen LogP) is 4.84. The van der Waals surface area contributed by atoms with Crippen molar-refractivity contribution in [2.24, 2.45) is 7.05 Å². The molecule has 1 heterocycles. The Labute approximate surface area is 135 Å². The molecule has 3 aromatic rings. The monoisotopic (exact) mass is 333 g/mol. The molecule has 0 unspecified atom stereocenters. The quantitative estimate of drug-likeness (QED) is 0.692. The number of fused-ring (bicyclic) bond motifs is 1. The molecule has 7 heteroatoms. The third-order valence-corrected chi connectivity index (χ3v) is 3.62. The number of amides is 2. The number of carbonyl (C=O) groups excluding carboxylic acids is 1. The second-order valence-corrected chi connectivity index (χ2v) is 5.35. The minimum absolute atomic E-state index is 0.278. The Morgan fingerprint density at radius 1 is 0.958 bits per heavy atom. The van der Waals surface area contributed by atoms with Gasteiger partial charge in [0, 0.05) is 30.1 Å². The van der Waals surface area contributed by atoms with Crippen LogP contribution in [-0.4, -0.2) is 10.6 Å². The summed E-state index contributed by atoms with van der Waals surface area (Å²) in [6, 6.07) is 11.2. The van der Waals surface area contributed by atoms with Crippen LogP contribution in [0.3, 0.4) is 0 Å². The van der Waals surface area contributed by atoms with Crippen LogP contribution in [0.4, 0.5) is 29.3 Å². The van der Waals surface area contributed by atoms with E-state index in [4.69, 9.17) is 0 Å². The summed E-state index contributed by atoms with van der Waals surface area (Å²) in [6.07, 6.45) is -2.48. The summed E-state index contributed by atoms with van der Waals surface area (Å²) < 4.78 is 39.4. The van der Waals surface area contributed by atoms with Crippen LogP contribution in [0.2, 0.25) is 0 Å². The fourth-order valence-electron chi connectivity index (χ4n) is 2.38. The van der Waals surface area contributed by atoms with Gasteiger partial charge in [-0.3, -0.25) is 0 Å². The maximum absolute atomic E-state index is 12.5. The number of aromatic nitrogens is 1. The first kappa shape index (κ1) is 15.9. The number of nitrogens with zero attached hydrogens (tertiary/aromatic N) is 1. The van der Waals surface area contributed by atoms with E-state index in [-0.39, 0.29) is 5.69 Å². The molecule has 0 bridgehead atoms. The van der Waals surface area contributed by atoms with Crippen LogP contribution in [0.5, 0.6) is 0 Å². The number of nitrogens with one attached hydrogen (secondary N) is 2. The fraction of sp³-hybridized carbons (Fsp3) is 0.118. The molecule has 3 rings (SSSR count). The number of benzene rings is 2. The molecule has 0 fully saturated rings. The van der Waals surface area contributed by atoms with Gasteiger partial charge in [0.15, 0.2) is 0 Å². The van der Waals surface area contributed by atoms with Crippen LogP contribution in [0, 0.1) is 0 Å². The van der Waals surface area contributed by atoms with Gasteiger partial charge in [-0.2, -0.15) is 13.2 Å². The van der Waals surface area contributed by atoms with Crippen molar-refractivity contribution in [2.75, 3.05) is 10.6 Å². The third kappa shape index (κ3) is 3.34. The largest absolute Gasteiger partial charge is 0.416 e. The van der Waals surface area contributed by atoms with Crippen LogP contribution in [-0.2, 0) is 13.2 Å². The van der Waals surface area contributed by atoms with Crippen LogP contribution in [0.25, 0.3) is 10.9 Å². The lowest BCUT2D eigenvalue weighted by Crippen LogP contribution is -2.19. The number of carbonyl (C=O) groups is 1. The molecule has 4 nitrogen and oxygen atoms in total. The number of alkyl halides is 3. The molecule has 2 aromatic carbocycles. The zero-order valence-corrected chi connectivity index (χ0v) is 12.7. The number of hydrogen-bond donors (Lipinski definition) is 2. The van der Waals surface area contributed by atoms with E-state index < -0.39 is 17.8 Å². The molecule has 1 aromatic heterocycles. The van der Waals surface area contributed by atoms with Gasteiger partial charge in [0.2, 0.25) is 0 Å². The van der Waals surface area contributed by atoms with Crippen molar-refractivity contribution >= 4 is 28.3 Å². The summed E-state index contributed by atoms with van der Waals surface area (Å²) >= 11 is 0. The zero-order valence-electron chi connectivity index (χ0n) is 12.7. The van der Waals surface area contributed by atoms with Crippen molar-refractivity contribution in [2.45, 2.75) is 6.18 Å². The Morgan fingerprint density at radius 2 is 1.58 bits per heavy atom. The van der Waals surface area contributed by atoms with E-state index in [1.165, 1.54) is 12.1 Å². The second-order valence-electron chi connectivity index (χ2n) is 5.35. The van der Waals surface area contributed by atoms with Gasteiger partial charge in [0.1, 0.15) is 0 Å². The second kappa shape index (κ2) is 5.92. The predicted molar refractivity (Wildman–Crippen MR) is 87.0 cm³/mol. The van der Waals surface area contributed by atoms with Gasteiger partial charge >= 0.3 is 12.2 Å². The van der Waals surface area contributed by atoms with E-state index in [0.29, 0.717) is 5.69 Å². The van der Waals surface area contributed by atoms with E-state index in [1.807, 2.05) is 36.0 Å². The van der Waals surface area contributed by atoms with Gasteiger partial charge < -0.3 is 15.2 Å². The zero-order chi connectivity index (χ0) is 17.3. The molecule has 0 atom stereocenters. The number of aryl methyl sites for hydroxylation is 1. The maximum atomic E-state index is 12.5. The lowest BCUT2D eigenvalue weighted by atomic mass is 10.2. The Morgan fingerprint density at radius 3 is 2.25 bits per heavy atom. The Bertz CT molecular complexity index is 882. The standard InChI is InChI=1S/C17H14F3N3O/c1-23-9-8-11-2-5-14(10-15(11)23)22-16(24)21-13-6-3-12(4-7-13)17(18,19)20/h2-10H,1H3,(H2,21,22,24). The summed E-state index contributed by atoms with van der Waals surface area (Å²) in [5.41, 5.74) is 1.07. The highest BCUT2D eigenvalue weighted by Gasteiger charge is 2.29. The Balaban J connectivity index is 1.69. The van der Waals surface area contributed by atoms with Gasteiger partial charge in [-0.25, -0.2) is 4.79 Å². The van der Waals surface area contributed by atoms with Crippen molar-refractivity contribution in [3.8, 4) is 0 Å². The molecular formula is C17H14F3N3O. The lowest BCUT2D eigenvalue weighted by Gasteiger charge is -2.10. The number of halogens is 3. The van der Waals surface area contributed by atoms with Gasteiger partial charge in [-0.15, -0.1) is 0 Å². The van der Waals surface area contributed by atoms with Gasteiger partial charge in [-0.1, -0.05) is 6.07 Å². The molecule has 0 aliphatic carbocycles. The Hall–Kier alpha value is -2.96. The summed E-state index contributed by atoms with van der Waals surface area (Å²) in [4.78, 5) is 12.0. The Kier molecular flexibility index (Phi) is 3.92. The normalized spacial score (nSPS) is 11.5. The average Bonchev–Trinajstić information content (AvgIpc) is 2.88. The molecule has 2 amide bonds. The molecule has 2 N–H and O–H groups in total. The highest BCUT2D eigenvalue weighted by Crippen LogP contribution is 2.29. The van der Waals surface area contributed by atoms with E-state index in [2.05, 4.69) is 10.6 Å². The molecule has 0 radical (unpaired) electrons. The van der Waals surface area contributed by atoms with E-state index in [9.17, 15) is 18.0 Å². The average molecular weight is 333 g/mol. The van der Waals surface area contributed by atoms with Crippen LogP contribution in [0.1, 0.15) is 5.56 Å². The van der Waals surface area contributed by atoms with Crippen molar-refractivity contribution in [1.29, 1.82) is 0 Å². The summed E-state index contributed by atoms with van der Waals surface area (Å²) in [6.45, 7) is 0. The number of hydrogen-bond acceptors (Lipinski definition) is 1. The number of rotatable bonds is 2. The highest BCUT2D eigenvalue weighted by atomic mass is 19.4. The van der Waals surface area contributed by atoms with Crippen molar-refractivity contribution < 1.29 is 18.0 Å². The first-order valence-corrected chi connectivity index (χ1v) is 7.13. The van der Waals surface area contributed by atoms with Gasteiger partial charge in [0.05, 0.1) is 5.56 Å². The molecule has 0 saturated heterocycles. The minimum atomic E-state index is -4.40. The highest BCUT2D eigenvalue weighted by molar-refractivity contribution is 6.01. The summed E-state index contributed by atoms with van der Waals surface area (Å²) in [5.74, 6) is 0.